The van der Waals surface area contributed by atoms with Gasteiger partial charge in [0.15, 0.2) is 0 Å². The first-order chi connectivity index (χ1) is 6.74. The zero-order valence-electron chi connectivity index (χ0n) is 8.63. The summed E-state index contributed by atoms with van der Waals surface area (Å²) in [6, 6.07) is 0. The molecule has 1 aliphatic rings. The van der Waals surface area contributed by atoms with Crippen LogP contribution in [-0.4, -0.2) is 42.3 Å². The second-order valence-corrected chi connectivity index (χ2v) is 3.94. The van der Waals surface area contributed by atoms with E-state index in [9.17, 15) is 5.11 Å². The van der Waals surface area contributed by atoms with E-state index in [0.29, 0.717) is 12.5 Å². The molecule has 0 aromatic rings. The Morgan fingerprint density at radius 1 is 1.64 bits per heavy atom. The summed E-state index contributed by atoms with van der Waals surface area (Å²) in [5.41, 5.74) is 8.08. The molecule has 0 aromatic heterocycles. The van der Waals surface area contributed by atoms with Crippen LogP contribution < -0.4 is 0 Å². The number of azide groups is 1. The Kier molecular flexibility index (Phi) is 4.73. The quantitative estimate of drug-likeness (QED) is 0.321. The maximum absolute atomic E-state index is 9.63. The average Bonchev–Trinajstić information content (AvgIpc) is 2.18. The maximum atomic E-state index is 9.63. The van der Waals surface area contributed by atoms with Crippen molar-refractivity contribution in [3.05, 3.63) is 10.4 Å². The van der Waals surface area contributed by atoms with Crippen LogP contribution >= 0.6 is 0 Å². The molecule has 0 bridgehead atoms. The molecule has 1 rings (SSSR count). The van der Waals surface area contributed by atoms with Crippen LogP contribution in [0.2, 0.25) is 0 Å². The Bertz CT molecular complexity index is 215. The molecule has 0 aliphatic carbocycles. The van der Waals surface area contributed by atoms with Crippen molar-refractivity contribution in [2.45, 2.75) is 25.9 Å². The molecule has 0 aromatic carbocycles. The predicted molar refractivity (Wildman–Crippen MR) is 54.9 cm³/mol. The van der Waals surface area contributed by atoms with Gasteiger partial charge in [-0.25, -0.2) is 0 Å². The van der Waals surface area contributed by atoms with Crippen LogP contribution in [0.4, 0.5) is 0 Å². The fourth-order valence-electron chi connectivity index (χ4n) is 1.73. The van der Waals surface area contributed by atoms with E-state index >= 15 is 0 Å². The molecule has 1 saturated heterocycles. The van der Waals surface area contributed by atoms with E-state index in [-0.39, 0.29) is 6.10 Å². The molecular formula is C9H18N4O. The molecule has 5 heteroatoms. The summed E-state index contributed by atoms with van der Waals surface area (Å²) in [4.78, 5) is 4.94. The van der Waals surface area contributed by atoms with Crippen molar-refractivity contribution in [1.29, 1.82) is 0 Å². The zero-order chi connectivity index (χ0) is 10.4. The standard InChI is InChI=1S/C9H18N4O/c1-8-3-6-13(7-9(8)14)5-2-4-11-12-10/h8-9,14H,2-7H2,1H3. The lowest BCUT2D eigenvalue weighted by Gasteiger charge is -2.34. The van der Waals surface area contributed by atoms with E-state index in [1.807, 2.05) is 0 Å². The van der Waals surface area contributed by atoms with Crippen molar-refractivity contribution in [2.75, 3.05) is 26.2 Å². The number of piperidine rings is 1. The summed E-state index contributed by atoms with van der Waals surface area (Å²) in [6.45, 7) is 5.37. The summed E-state index contributed by atoms with van der Waals surface area (Å²) in [6.07, 6.45) is 1.75. The van der Waals surface area contributed by atoms with Gasteiger partial charge in [-0.2, -0.15) is 0 Å². The van der Waals surface area contributed by atoms with Crippen LogP contribution in [0.15, 0.2) is 5.11 Å². The van der Waals surface area contributed by atoms with Gasteiger partial charge in [0, 0.05) is 18.0 Å². The zero-order valence-corrected chi connectivity index (χ0v) is 8.63. The van der Waals surface area contributed by atoms with Crippen LogP contribution in [0.5, 0.6) is 0 Å². The Hall–Kier alpha value is -0.770. The number of hydrogen-bond acceptors (Lipinski definition) is 3. The lowest BCUT2D eigenvalue weighted by atomic mass is 9.96. The summed E-state index contributed by atoms with van der Waals surface area (Å²) >= 11 is 0. The Balaban J connectivity index is 2.16. The number of β-amino-alcohol motifs (C(OH)–C–C–N with tert-alkyl or cyclic N) is 1. The third-order valence-electron chi connectivity index (χ3n) is 2.80. The van der Waals surface area contributed by atoms with Gasteiger partial charge in [-0.15, -0.1) is 0 Å². The first-order valence-corrected chi connectivity index (χ1v) is 5.15. The molecule has 1 heterocycles. The number of aliphatic hydroxyl groups is 1. The lowest BCUT2D eigenvalue weighted by Crippen LogP contribution is -2.43. The van der Waals surface area contributed by atoms with Gasteiger partial charge in [0.25, 0.3) is 0 Å². The number of aliphatic hydroxyl groups excluding tert-OH is 1. The van der Waals surface area contributed by atoms with Crippen LogP contribution in [0.3, 0.4) is 0 Å². The van der Waals surface area contributed by atoms with E-state index in [2.05, 4.69) is 21.8 Å². The van der Waals surface area contributed by atoms with E-state index in [1.165, 1.54) is 0 Å². The molecule has 1 aliphatic heterocycles. The highest BCUT2D eigenvalue weighted by Crippen LogP contribution is 2.16. The van der Waals surface area contributed by atoms with Gasteiger partial charge in [0.2, 0.25) is 0 Å². The highest BCUT2D eigenvalue weighted by molar-refractivity contribution is 4.77. The molecule has 14 heavy (non-hydrogen) atoms. The fraction of sp³-hybridized carbons (Fsp3) is 1.00. The van der Waals surface area contributed by atoms with Crippen LogP contribution in [0.25, 0.3) is 10.4 Å². The number of rotatable bonds is 4. The molecule has 0 saturated carbocycles. The van der Waals surface area contributed by atoms with Crippen LogP contribution in [0.1, 0.15) is 19.8 Å². The van der Waals surface area contributed by atoms with Crippen LogP contribution in [-0.2, 0) is 0 Å². The summed E-state index contributed by atoms with van der Waals surface area (Å²) < 4.78 is 0. The van der Waals surface area contributed by atoms with Crippen molar-refractivity contribution < 1.29 is 5.11 Å². The smallest absolute Gasteiger partial charge is 0.0693 e. The van der Waals surface area contributed by atoms with Gasteiger partial charge in [0.1, 0.15) is 0 Å². The SMILES string of the molecule is CC1CCN(CCCN=[N+]=[N-])CC1O. The molecule has 0 spiro atoms. The predicted octanol–water partition coefficient (Wildman–Crippen LogP) is 1.39. The highest BCUT2D eigenvalue weighted by atomic mass is 16.3. The Morgan fingerprint density at radius 2 is 2.43 bits per heavy atom. The van der Waals surface area contributed by atoms with E-state index < -0.39 is 0 Å². The molecule has 2 unspecified atom stereocenters. The van der Waals surface area contributed by atoms with Crippen LogP contribution in [0, 0.1) is 5.92 Å². The van der Waals surface area contributed by atoms with Gasteiger partial charge in [-0.1, -0.05) is 12.0 Å². The Morgan fingerprint density at radius 3 is 3.07 bits per heavy atom. The second-order valence-electron chi connectivity index (χ2n) is 3.94. The van der Waals surface area contributed by atoms with Crippen molar-refractivity contribution >= 4 is 0 Å². The van der Waals surface area contributed by atoms with Gasteiger partial charge in [-0.3, -0.25) is 0 Å². The number of likely N-dealkylation sites (tertiary alicyclic amines) is 1. The maximum Gasteiger partial charge on any atom is 0.0693 e. The summed E-state index contributed by atoms with van der Waals surface area (Å²) in [7, 11) is 0. The third kappa shape index (κ3) is 3.54. The van der Waals surface area contributed by atoms with Gasteiger partial charge < -0.3 is 10.0 Å². The fourth-order valence-corrected chi connectivity index (χ4v) is 1.73. The van der Waals surface area contributed by atoms with Gasteiger partial charge >= 0.3 is 0 Å². The molecule has 2 atom stereocenters. The molecule has 0 amide bonds. The molecule has 0 radical (unpaired) electrons. The highest BCUT2D eigenvalue weighted by Gasteiger charge is 2.23. The van der Waals surface area contributed by atoms with Crippen molar-refractivity contribution in [2.24, 2.45) is 11.0 Å². The van der Waals surface area contributed by atoms with Gasteiger partial charge in [0.05, 0.1) is 6.10 Å². The number of nitrogens with zero attached hydrogens (tertiary/aromatic N) is 4. The molecule has 80 valence electrons. The molecular weight excluding hydrogens is 180 g/mol. The van der Waals surface area contributed by atoms with E-state index in [1.54, 1.807) is 0 Å². The summed E-state index contributed by atoms with van der Waals surface area (Å²) in [5, 5.41) is 13.1. The lowest BCUT2D eigenvalue weighted by molar-refractivity contribution is 0.0291. The first kappa shape index (κ1) is 11.3. The molecule has 1 fully saturated rings. The topological polar surface area (TPSA) is 72.2 Å². The summed E-state index contributed by atoms with van der Waals surface area (Å²) in [5.74, 6) is 0.420. The first-order valence-electron chi connectivity index (χ1n) is 5.15. The van der Waals surface area contributed by atoms with E-state index in [4.69, 9.17) is 5.53 Å². The normalized spacial score (nSPS) is 28.4. The minimum absolute atomic E-state index is 0.191. The number of hydrogen-bond donors (Lipinski definition) is 1. The minimum atomic E-state index is -0.191. The minimum Gasteiger partial charge on any atom is -0.392 e. The van der Waals surface area contributed by atoms with E-state index in [0.717, 1.165) is 32.5 Å². The van der Waals surface area contributed by atoms with Crippen molar-refractivity contribution in [3.63, 3.8) is 0 Å². The second kappa shape index (κ2) is 5.86. The monoisotopic (exact) mass is 198 g/mol. The molecule has 1 N–H and O–H groups in total. The third-order valence-corrected chi connectivity index (χ3v) is 2.80. The van der Waals surface area contributed by atoms with Gasteiger partial charge in [-0.05, 0) is 37.4 Å². The molecule has 5 nitrogen and oxygen atoms in total. The average molecular weight is 198 g/mol. The van der Waals surface area contributed by atoms with Crippen molar-refractivity contribution in [1.82, 2.24) is 4.90 Å². The Labute approximate surface area is 84.3 Å². The largest absolute Gasteiger partial charge is 0.392 e. The van der Waals surface area contributed by atoms with Crippen molar-refractivity contribution in [3.8, 4) is 0 Å².